The molecule has 3 aromatic rings. The summed E-state index contributed by atoms with van der Waals surface area (Å²) in [7, 11) is -4.07. The van der Waals surface area contributed by atoms with Crippen molar-refractivity contribution in [1.82, 2.24) is 10.0 Å². The van der Waals surface area contributed by atoms with Crippen molar-refractivity contribution in [3.05, 3.63) is 77.9 Å². The minimum absolute atomic E-state index is 0.0473. The number of nitrogens with two attached hydrogens (primary N) is 2. The zero-order valence-corrected chi connectivity index (χ0v) is 19.1. The Morgan fingerprint density at radius 3 is 2.18 bits per heavy atom. The molecule has 0 aromatic heterocycles. The van der Waals surface area contributed by atoms with Gasteiger partial charge in [-0.25, -0.2) is 8.42 Å². The molecule has 0 saturated heterocycles. The first-order chi connectivity index (χ1) is 15.7. The zero-order chi connectivity index (χ0) is 24.0. The number of carbonyl (C=O) groups is 2. The molecule has 0 saturated carbocycles. The Kier molecular flexibility index (Phi) is 7.80. The van der Waals surface area contributed by atoms with Gasteiger partial charge in [0.2, 0.25) is 21.8 Å². The lowest BCUT2D eigenvalue weighted by atomic mass is 10.0. The van der Waals surface area contributed by atoms with Crippen molar-refractivity contribution in [1.29, 1.82) is 0 Å². The highest BCUT2D eigenvalue weighted by Gasteiger charge is 2.29. The van der Waals surface area contributed by atoms with Crippen molar-refractivity contribution in [3.8, 4) is 0 Å². The van der Waals surface area contributed by atoms with Gasteiger partial charge >= 0.3 is 0 Å². The average Bonchev–Trinajstić information content (AvgIpc) is 2.79. The van der Waals surface area contributed by atoms with Gasteiger partial charge in [0.1, 0.15) is 12.1 Å². The Balaban J connectivity index is 1.84. The van der Waals surface area contributed by atoms with E-state index in [1.54, 1.807) is 18.2 Å². The van der Waals surface area contributed by atoms with E-state index < -0.39 is 33.9 Å². The molecule has 3 rings (SSSR count). The smallest absolute Gasteiger partial charge is 0.241 e. The lowest BCUT2D eigenvalue weighted by molar-refractivity contribution is -0.128. The fraction of sp³-hybridized carbons (Fsp3) is 0.250. The van der Waals surface area contributed by atoms with Gasteiger partial charge in [-0.3, -0.25) is 9.59 Å². The van der Waals surface area contributed by atoms with E-state index in [0.717, 1.165) is 16.5 Å². The molecule has 3 aromatic carbocycles. The summed E-state index contributed by atoms with van der Waals surface area (Å²) in [5.74, 6) is -1.38. The molecule has 0 radical (unpaired) electrons. The third kappa shape index (κ3) is 5.95. The van der Waals surface area contributed by atoms with E-state index in [1.165, 1.54) is 6.07 Å². The second kappa shape index (κ2) is 10.6. The molecule has 0 bridgehead atoms. The van der Waals surface area contributed by atoms with E-state index in [-0.39, 0.29) is 24.3 Å². The second-order valence-corrected chi connectivity index (χ2v) is 9.51. The lowest BCUT2D eigenvalue weighted by Crippen LogP contribution is -2.54. The molecule has 0 aliphatic heterocycles. The topological polar surface area (TPSA) is 144 Å². The van der Waals surface area contributed by atoms with Crippen LogP contribution in [0.2, 0.25) is 0 Å². The molecule has 0 aliphatic rings. The largest absolute Gasteiger partial charge is 0.368 e. The molecule has 8 nitrogen and oxygen atoms in total. The number of primary amides is 1. The van der Waals surface area contributed by atoms with E-state index >= 15 is 0 Å². The van der Waals surface area contributed by atoms with Gasteiger partial charge in [0.25, 0.3) is 0 Å². The number of sulfonamides is 1. The molecule has 174 valence electrons. The van der Waals surface area contributed by atoms with Gasteiger partial charge in [0.05, 0.1) is 4.90 Å². The first-order valence-electron chi connectivity index (χ1n) is 10.6. The van der Waals surface area contributed by atoms with Gasteiger partial charge in [-0.15, -0.1) is 0 Å². The number of fused-ring (bicyclic) bond motifs is 1. The summed E-state index contributed by atoms with van der Waals surface area (Å²) in [5, 5.41) is 3.93. The van der Waals surface area contributed by atoms with Crippen LogP contribution in [0.3, 0.4) is 0 Å². The van der Waals surface area contributed by atoms with Crippen LogP contribution in [0.1, 0.15) is 17.5 Å². The molecule has 2 amide bonds. The van der Waals surface area contributed by atoms with Crippen molar-refractivity contribution in [3.63, 3.8) is 0 Å². The average molecular weight is 469 g/mol. The Labute approximate surface area is 193 Å². The van der Waals surface area contributed by atoms with Crippen LogP contribution in [0.25, 0.3) is 10.8 Å². The van der Waals surface area contributed by atoms with E-state index in [4.69, 9.17) is 11.5 Å². The van der Waals surface area contributed by atoms with Gasteiger partial charge in [-0.05, 0) is 42.5 Å². The summed E-state index contributed by atoms with van der Waals surface area (Å²) in [6.45, 7) is 1.96. The van der Waals surface area contributed by atoms with Crippen LogP contribution in [-0.2, 0) is 26.0 Å². The monoisotopic (exact) mass is 468 g/mol. The van der Waals surface area contributed by atoms with Gasteiger partial charge in [0, 0.05) is 11.8 Å². The SMILES string of the molecule is Cc1ccc(S(=O)(=O)N[C@@H](CCN)C(=O)N[C@@H](Cc2ccccc2)C(N)=O)c2ccccc12. The van der Waals surface area contributed by atoms with E-state index in [1.807, 2.05) is 49.4 Å². The van der Waals surface area contributed by atoms with E-state index in [2.05, 4.69) is 10.0 Å². The number of carbonyl (C=O) groups excluding carboxylic acids is 2. The van der Waals surface area contributed by atoms with Crippen molar-refractivity contribution in [2.45, 2.75) is 36.7 Å². The molecular weight excluding hydrogens is 440 g/mol. The summed E-state index contributed by atoms with van der Waals surface area (Å²) in [5.41, 5.74) is 12.9. The maximum Gasteiger partial charge on any atom is 0.241 e. The number of aryl methyl sites for hydroxylation is 1. The van der Waals surface area contributed by atoms with Crippen molar-refractivity contribution in [2.75, 3.05) is 6.54 Å². The fourth-order valence-electron chi connectivity index (χ4n) is 3.66. The Hall–Kier alpha value is -3.27. The molecule has 0 fully saturated rings. The van der Waals surface area contributed by atoms with Gasteiger partial charge < -0.3 is 16.8 Å². The molecule has 0 heterocycles. The van der Waals surface area contributed by atoms with Gasteiger partial charge in [-0.1, -0.05) is 60.7 Å². The third-order valence-electron chi connectivity index (χ3n) is 5.40. The van der Waals surface area contributed by atoms with E-state index in [0.29, 0.717) is 5.39 Å². The van der Waals surface area contributed by atoms with Crippen molar-refractivity contribution >= 4 is 32.6 Å². The molecule has 6 N–H and O–H groups in total. The molecule has 33 heavy (non-hydrogen) atoms. The quantitative estimate of drug-likeness (QED) is 0.355. The minimum Gasteiger partial charge on any atom is -0.368 e. The van der Waals surface area contributed by atoms with Crippen LogP contribution in [-0.4, -0.2) is 38.9 Å². The van der Waals surface area contributed by atoms with Crippen molar-refractivity contribution in [2.24, 2.45) is 11.5 Å². The molecule has 2 atom stereocenters. The summed E-state index contributed by atoms with van der Waals surface area (Å²) in [6.07, 6.45) is 0.234. The number of nitrogens with one attached hydrogen (secondary N) is 2. The molecule has 0 spiro atoms. The predicted molar refractivity (Wildman–Crippen MR) is 128 cm³/mol. The third-order valence-corrected chi connectivity index (χ3v) is 6.93. The van der Waals surface area contributed by atoms with Crippen molar-refractivity contribution < 1.29 is 18.0 Å². The first-order valence-corrected chi connectivity index (χ1v) is 12.1. The summed E-state index contributed by atoms with van der Waals surface area (Å²) >= 11 is 0. The normalized spacial score (nSPS) is 13.4. The van der Waals surface area contributed by atoms with Crippen LogP contribution >= 0.6 is 0 Å². The number of benzene rings is 3. The highest BCUT2D eigenvalue weighted by Crippen LogP contribution is 2.26. The molecule has 9 heteroatoms. The zero-order valence-electron chi connectivity index (χ0n) is 18.3. The maximum atomic E-state index is 13.2. The Morgan fingerprint density at radius 2 is 1.55 bits per heavy atom. The lowest BCUT2D eigenvalue weighted by Gasteiger charge is -2.22. The first kappa shape index (κ1) is 24.4. The standard InChI is InChI=1S/C24H28N4O4S/c1-16-11-12-22(19-10-6-5-9-18(16)19)33(31,32)28-20(13-14-25)24(30)27-21(23(26)29)15-17-7-3-2-4-8-17/h2-12,20-21,28H,13-15,25H2,1H3,(H2,26,29)(H,27,30)/t20-,21-/m0/s1. The number of hydrogen-bond donors (Lipinski definition) is 4. The summed E-state index contributed by atoms with van der Waals surface area (Å²) in [6, 6.07) is 17.3. The van der Waals surface area contributed by atoms with Crippen LogP contribution in [0, 0.1) is 6.92 Å². The predicted octanol–water partition coefficient (Wildman–Crippen LogP) is 1.36. The summed E-state index contributed by atoms with van der Waals surface area (Å²) < 4.78 is 28.9. The number of amides is 2. The van der Waals surface area contributed by atoms with Gasteiger partial charge in [0.15, 0.2) is 0 Å². The van der Waals surface area contributed by atoms with Crippen LogP contribution in [0.4, 0.5) is 0 Å². The van der Waals surface area contributed by atoms with Crippen LogP contribution < -0.4 is 21.5 Å². The second-order valence-electron chi connectivity index (χ2n) is 7.83. The van der Waals surface area contributed by atoms with Crippen LogP contribution in [0.15, 0.2) is 71.6 Å². The Morgan fingerprint density at radius 1 is 0.909 bits per heavy atom. The van der Waals surface area contributed by atoms with E-state index in [9.17, 15) is 18.0 Å². The molecule has 0 aliphatic carbocycles. The number of hydrogen-bond acceptors (Lipinski definition) is 5. The van der Waals surface area contributed by atoms with Gasteiger partial charge in [-0.2, -0.15) is 4.72 Å². The minimum atomic E-state index is -4.07. The highest BCUT2D eigenvalue weighted by atomic mass is 32.2. The van der Waals surface area contributed by atoms with Crippen LogP contribution in [0.5, 0.6) is 0 Å². The molecule has 0 unspecified atom stereocenters. The fourth-order valence-corrected chi connectivity index (χ4v) is 5.10. The number of rotatable bonds is 10. The summed E-state index contributed by atoms with van der Waals surface area (Å²) in [4.78, 5) is 25.0. The Bertz CT molecular complexity index is 1250. The maximum absolute atomic E-state index is 13.2. The highest BCUT2D eigenvalue weighted by molar-refractivity contribution is 7.89. The molecular formula is C24H28N4O4S.